The van der Waals surface area contributed by atoms with Gasteiger partial charge in [0.1, 0.15) is 11.9 Å². The fourth-order valence-corrected chi connectivity index (χ4v) is 3.47. The van der Waals surface area contributed by atoms with Gasteiger partial charge < -0.3 is 4.74 Å². The highest BCUT2D eigenvalue weighted by atomic mass is 19.1. The summed E-state index contributed by atoms with van der Waals surface area (Å²) in [5.74, 6) is -0.150. The number of halogens is 1. The van der Waals surface area contributed by atoms with Crippen molar-refractivity contribution in [3.05, 3.63) is 101 Å². The van der Waals surface area contributed by atoms with Crippen LogP contribution in [-0.4, -0.2) is 29.6 Å². The Morgan fingerprint density at radius 1 is 0.963 bits per heavy atom. The molecule has 0 radical (unpaired) electrons. The molecule has 4 rings (SSSR count). The lowest BCUT2D eigenvalue weighted by atomic mass is 10.1. The van der Waals surface area contributed by atoms with Crippen molar-refractivity contribution < 1.29 is 9.13 Å². The van der Waals surface area contributed by atoms with Gasteiger partial charge in [0.25, 0.3) is 0 Å². The Morgan fingerprint density at radius 2 is 1.78 bits per heavy atom. The Balaban J connectivity index is 1.45. The van der Waals surface area contributed by atoms with Crippen molar-refractivity contribution in [2.75, 3.05) is 19.7 Å². The lowest BCUT2D eigenvalue weighted by Crippen LogP contribution is -2.38. The molecule has 0 spiro atoms. The number of pyridine rings is 1. The SMILES string of the molecule is Fc1ccccc1CN1CCO[C@H](c2cccc(Cc3ccccc3)n2)C1. The molecule has 0 N–H and O–H groups in total. The summed E-state index contributed by atoms with van der Waals surface area (Å²) in [6, 6.07) is 23.4. The molecule has 2 heterocycles. The van der Waals surface area contributed by atoms with Crippen LogP contribution >= 0.6 is 0 Å². The van der Waals surface area contributed by atoms with Crippen molar-refractivity contribution in [1.82, 2.24) is 9.88 Å². The van der Waals surface area contributed by atoms with Crippen LogP contribution in [0.1, 0.15) is 28.6 Å². The zero-order valence-electron chi connectivity index (χ0n) is 15.2. The Labute approximate surface area is 159 Å². The van der Waals surface area contributed by atoms with Gasteiger partial charge in [-0.3, -0.25) is 9.88 Å². The van der Waals surface area contributed by atoms with E-state index in [9.17, 15) is 4.39 Å². The maximum absolute atomic E-state index is 14.0. The van der Waals surface area contributed by atoms with Crippen LogP contribution in [0.4, 0.5) is 4.39 Å². The molecule has 0 bridgehead atoms. The van der Waals surface area contributed by atoms with Crippen molar-refractivity contribution in [3.8, 4) is 0 Å². The quantitative estimate of drug-likeness (QED) is 0.673. The second-order valence-electron chi connectivity index (χ2n) is 6.90. The Hall–Kier alpha value is -2.56. The van der Waals surface area contributed by atoms with E-state index in [0.29, 0.717) is 13.2 Å². The predicted octanol–water partition coefficient (Wildman–Crippen LogP) is 4.39. The molecule has 2 aromatic carbocycles. The van der Waals surface area contributed by atoms with E-state index in [4.69, 9.17) is 9.72 Å². The summed E-state index contributed by atoms with van der Waals surface area (Å²) in [5.41, 5.74) is 3.95. The van der Waals surface area contributed by atoms with E-state index in [1.54, 1.807) is 6.07 Å². The van der Waals surface area contributed by atoms with Crippen LogP contribution in [-0.2, 0) is 17.7 Å². The van der Waals surface area contributed by atoms with Crippen LogP contribution in [0.2, 0.25) is 0 Å². The first-order valence-corrected chi connectivity index (χ1v) is 9.35. The van der Waals surface area contributed by atoms with E-state index in [1.807, 2.05) is 42.5 Å². The van der Waals surface area contributed by atoms with Crippen molar-refractivity contribution in [2.45, 2.75) is 19.1 Å². The maximum atomic E-state index is 14.0. The van der Waals surface area contributed by atoms with Crippen LogP contribution in [0, 0.1) is 5.82 Å². The van der Waals surface area contributed by atoms with Gasteiger partial charge in [-0.1, -0.05) is 54.6 Å². The summed E-state index contributed by atoms with van der Waals surface area (Å²) in [5, 5.41) is 0. The van der Waals surface area contributed by atoms with Gasteiger partial charge in [-0.05, 0) is 23.8 Å². The topological polar surface area (TPSA) is 25.4 Å². The van der Waals surface area contributed by atoms with Crippen molar-refractivity contribution in [3.63, 3.8) is 0 Å². The van der Waals surface area contributed by atoms with Crippen LogP contribution in [0.3, 0.4) is 0 Å². The minimum absolute atomic E-state index is 0.0822. The average molecular weight is 362 g/mol. The number of hydrogen-bond donors (Lipinski definition) is 0. The largest absolute Gasteiger partial charge is 0.369 e. The van der Waals surface area contributed by atoms with E-state index in [2.05, 4.69) is 23.1 Å². The molecule has 27 heavy (non-hydrogen) atoms. The molecule has 0 unspecified atom stereocenters. The van der Waals surface area contributed by atoms with Gasteiger partial charge in [-0.25, -0.2) is 4.39 Å². The molecule has 0 amide bonds. The fraction of sp³-hybridized carbons (Fsp3) is 0.261. The third-order valence-corrected chi connectivity index (χ3v) is 4.89. The first-order chi connectivity index (χ1) is 13.3. The van der Waals surface area contributed by atoms with E-state index in [1.165, 1.54) is 11.6 Å². The van der Waals surface area contributed by atoms with E-state index < -0.39 is 0 Å². The summed E-state index contributed by atoms with van der Waals surface area (Å²) in [6.07, 6.45) is 0.724. The number of hydrogen-bond acceptors (Lipinski definition) is 3. The summed E-state index contributed by atoms with van der Waals surface area (Å²) in [4.78, 5) is 7.06. The predicted molar refractivity (Wildman–Crippen MR) is 104 cm³/mol. The zero-order chi connectivity index (χ0) is 18.5. The number of nitrogens with zero attached hydrogens (tertiary/aromatic N) is 2. The van der Waals surface area contributed by atoms with Gasteiger partial charge in [0.05, 0.1) is 12.3 Å². The highest BCUT2D eigenvalue weighted by Gasteiger charge is 2.23. The monoisotopic (exact) mass is 362 g/mol. The smallest absolute Gasteiger partial charge is 0.127 e. The molecule has 1 aromatic heterocycles. The molecule has 1 aliphatic heterocycles. The van der Waals surface area contributed by atoms with Gasteiger partial charge >= 0.3 is 0 Å². The number of rotatable bonds is 5. The van der Waals surface area contributed by atoms with Crippen LogP contribution < -0.4 is 0 Å². The molecule has 3 nitrogen and oxygen atoms in total. The molecule has 0 saturated carbocycles. The number of benzene rings is 2. The van der Waals surface area contributed by atoms with Gasteiger partial charge in [0.15, 0.2) is 0 Å². The van der Waals surface area contributed by atoms with Gasteiger partial charge in [-0.2, -0.15) is 0 Å². The summed E-state index contributed by atoms with van der Waals surface area (Å²) >= 11 is 0. The Bertz CT molecular complexity index is 884. The van der Waals surface area contributed by atoms with Crippen molar-refractivity contribution in [1.29, 1.82) is 0 Å². The molecule has 1 atom stereocenters. The lowest BCUT2D eigenvalue weighted by Gasteiger charge is -2.32. The highest BCUT2D eigenvalue weighted by Crippen LogP contribution is 2.23. The molecular weight excluding hydrogens is 339 g/mol. The molecule has 138 valence electrons. The van der Waals surface area contributed by atoms with Gasteiger partial charge in [0.2, 0.25) is 0 Å². The molecule has 3 aromatic rings. The Morgan fingerprint density at radius 3 is 2.63 bits per heavy atom. The summed E-state index contributed by atoms with van der Waals surface area (Å²) in [6.45, 7) is 2.74. The normalized spacial score (nSPS) is 17.7. The molecule has 1 saturated heterocycles. The number of morpholine rings is 1. The first-order valence-electron chi connectivity index (χ1n) is 9.35. The molecule has 0 aliphatic carbocycles. The van der Waals surface area contributed by atoms with Crippen LogP contribution in [0.25, 0.3) is 0 Å². The minimum Gasteiger partial charge on any atom is -0.369 e. The lowest BCUT2D eigenvalue weighted by molar-refractivity contribution is -0.0353. The number of ether oxygens (including phenoxy) is 1. The van der Waals surface area contributed by atoms with Gasteiger partial charge in [0, 0.05) is 37.3 Å². The molecule has 4 heteroatoms. The van der Waals surface area contributed by atoms with Gasteiger partial charge in [-0.15, -0.1) is 0 Å². The second-order valence-corrected chi connectivity index (χ2v) is 6.90. The third kappa shape index (κ3) is 4.59. The highest BCUT2D eigenvalue weighted by molar-refractivity contribution is 5.23. The molecule has 1 fully saturated rings. The second kappa shape index (κ2) is 8.42. The van der Waals surface area contributed by atoms with Crippen molar-refractivity contribution >= 4 is 0 Å². The molecule has 1 aliphatic rings. The zero-order valence-corrected chi connectivity index (χ0v) is 15.2. The first kappa shape index (κ1) is 17.8. The minimum atomic E-state index is -0.150. The van der Waals surface area contributed by atoms with Crippen molar-refractivity contribution in [2.24, 2.45) is 0 Å². The summed E-state index contributed by atoms with van der Waals surface area (Å²) in [7, 11) is 0. The van der Waals surface area contributed by atoms with Crippen LogP contribution in [0.15, 0.2) is 72.8 Å². The fourth-order valence-electron chi connectivity index (χ4n) is 3.47. The van der Waals surface area contributed by atoms with E-state index >= 15 is 0 Å². The maximum Gasteiger partial charge on any atom is 0.127 e. The average Bonchev–Trinajstić information content (AvgIpc) is 2.71. The van der Waals surface area contributed by atoms with Crippen LogP contribution in [0.5, 0.6) is 0 Å². The number of aromatic nitrogens is 1. The Kier molecular flexibility index (Phi) is 5.56. The third-order valence-electron chi connectivity index (χ3n) is 4.89. The van der Waals surface area contributed by atoms with E-state index in [0.717, 1.165) is 36.5 Å². The van der Waals surface area contributed by atoms with E-state index in [-0.39, 0.29) is 11.9 Å². The standard InChI is InChI=1S/C23H23FN2O/c24-21-11-5-4-9-19(21)16-26-13-14-27-23(17-26)22-12-6-10-20(25-22)15-18-7-2-1-3-8-18/h1-12,23H,13-17H2/t23-/m0/s1. The molecular formula is C23H23FN2O. The summed E-state index contributed by atoms with van der Waals surface area (Å²) < 4.78 is 19.9.